The fraction of sp³-hybridized carbons (Fsp3) is 0.375. The lowest BCUT2D eigenvalue weighted by molar-refractivity contribution is -0.126. The number of hydrogen-bond acceptors (Lipinski definition) is 8. The molecule has 1 unspecified atom stereocenters. The van der Waals surface area contributed by atoms with E-state index in [0.29, 0.717) is 33.5 Å². The highest BCUT2D eigenvalue weighted by Crippen LogP contribution is 2.29. The lowest BCUT2D eigenvalue weighted by Crippen LogP contribution is -2.61. The number of hydrogen-bond donors (Lipinski definition) is 2. The predicted octanol–water partition coefficient (Wildman–Crippen LogP) is 0.185. The van der Waals surface area contributed by atoms with Gasteiger partial charge in [-0.3, -0.25) is 9.59 Å². The quantitative estimate of drug-likeness (QED) is 0.402. The Morgan fingerprint density at radius 1 is 1.15 bits per heavy atom. The van der Waals surface area contributed by atoms with Gasteiger partial charge in [0.15, 0.2) is 5.01 Å². The second-order valence-corrected chi connectivity index (χ2v) is 14.3. The molecular weight excluding hydrogens is 565 g/mol. The Bertz CT molecular complexity index is 1740. The number of piperazine rings is 1. The lowest BCUT2D eigenvalue weighted by Gasteiger charge is -2.39. The Labute approximate surface area is 230 Å². The molecule has 5 rings (SSSR count). The average Bonchev–Trinajstić information content (AvgIpc) is 3.55. The molecule has 15 heteroatoms. The van der Waals surface area contributed by atoms with Gasteiger partial charge in [-0.05, 0) is 24.3 Å². The third-order valence-corrected chi connectivity index (χ3v) is 11.0. The number of benzene rings is 1. The second kappa shape index (κ2) is 10.0. The lowest BCUT2D eigenvalue weighted by atomic mass is 10.1. The minimum Gasteiger partial charge on any atom is -0.357 e. The number of nitrogens with zero attached hydrogens (tertiary/aromatic N) is 4. The first kappa shape index (κ1) is 27.3. The third kappa shape index (κ3) is 5.06. The highest BCUT2D eigenvalue weighted by Gasteiger charge is 2.41. The predicted molar refractivity (Wildman–Crippen MR) is 145 cm³/mol. The Hall–Kier alpha value is -3.29. The molecule has 0 aliphatic carbocycles. The summed E-state index contributed by atoms with van der Waals surface area (Å²) in [4.78, 5) is 35.7. The summed E-state index contributed by atoms with van der Waals surface area (Å²) in [7, 11) is -5.99. The van der Waals surface area contributed by atoms with Crippen molar-refractivity contribution in [1.82, 2.24) is 28.8 Å². The van der Waals surface area contributed by atoms with Crippen molar-refractivity contribution in [3.8, 4) is 12.3 Å². The van der Waals surface area contributed by atoms with Crippen LogP contribution in [0.5, 0.6) is 0 Å². The van der Waals surface area contributed by atoms with E-state index in [1.807, 2.05) is 0 Å². The second-order valence-electron chi connectivity index (χ2n) is 9.31. The molecule has 2 aliphatic rings. The highest BCUT2D eigenvalue weighted by atomic mass is 32.2. The number of nitrogens with one attached hydrogen (secondary N) is 2. The van der Waals surface area contributed by atoms with E-state index < -0.39 is 37.9 Å². The van der Waals surface area contributed by atoms with Crippen LogP contribution in [0.25, 0.3) is 10.9 Å². The van der Waals surface area contributed by atoms with Crippen molar-refractivity contribution in [2.24, 2.45) is 0 Å². The number of aromatic nitrogens is 2. The van der Waals surface area contributed by atoms with Crippen LogP contribution in [0, 0.1) is 12.3 Å². The number of carbonyl (C=O) groups excluding carboxylic acids is 2. The molecule has 0 spiro atoms. The maximum Gasteiger partial charge on any atom is 0.283 e. The minimum absolute atomic E-state index is 0.0283. The van der Waals surface area contributed by atoms with Crippen LogP contribution in [0.4, 0.5) is 0 Å². The van der Waals surface area contributed by atoms with E-state index in [-0.39, 0.29) is 42.8 Å². The van der Waals surface area contributed by atoms with E-state index >= 15 is 0 Å². The van der Waals surface area contributed by atoms with Crippen LogP contribution in [-0.4, -0.2) is 97.7 Å². The van der Waals surface area contributed by atoms with Gasteiger partial charge >= 0.3 is 0 Å². The Balaban J connectivity index is 1.39. The number of H-pyrrole nitrogens is 1. The molecule has 2 N–H and O–H groups in total. The van der Waals surface area contributed by atoms with Crippen molar-refractivity contribution in [1.29, 1.82) is 0 Å². The van der Waals surface area contributed by atoms with Crippen molar-refractivity contribution >= 4 is 54.1 Å². The van der Waals surface area contributed by atoms with Crippen molar-refractivity contribution in [3.05, 3.63) is 45.4 Å². The topological polar surface area (TPSA) is 153 Å². The summed E-state index contributed by atoms with van der Waals surface area (Å²) in [5, 5.41) is 3.26. The first-order valence-corrected chi connectivity index (χ1v) is 16.1. The fourth-order valence-electron chi connectivity index (χ4n) is 4.75. The Morgan fingerprint density at radius 2 is 1.92 bits per heavy atom. The summed E-state index contributed by atoms with van der Waals surface area (Å²) >= 11 is 1.10. The molecule has 3 aromatic rings. The molecule has 2 amide bonds. The summed E-state index contributed by atoms with van der Waals surface area (Å²) in [6, 6.07) is 5.53. The molecule has 4 heterocycles. The number of rotatable bonds is 5. The van der Waals surface area contributed by atoms with E-state index in [9.17, 15) is 26.4 Å². The van der Waals surface area contributed by atoms with Crippen LogP contribution in [0.1, 0.15) is 25.9 Å². The molecule has 1 atom stereocenters. The average molecular weight is 591 g/mol. The van der Waals surface area contributed by atoms with Gasteiger partial charge in [0, 0.05) is 67.5 Å². The van der Waals surface area contributed by atoms with Crippen molar-refractivity contribution in [2.75, 3.05) is 39.5 Å². The number of carbonyl (C=O) groups is 2. The number of sulfonamides is 2. The van der Waals surface area contributed by atoms with Gasteiger partial charge in [0.1, 0.15) is 11.1 Å². The monoisotopic (exact) mass is 590 g/mol. The number of fused-ring (bicyclic) bond motifs is 2. The largest absolute Gasteiger partial charge is 0.357 e. The van der Waals surface area contributed by atoms with Crippen molar-refractivity contribution in [3.63, 3.8) is 0 Å². The van der Waals surface area contributed by atoms with Crippen LogP contribution in [0.3, 0.4) is 0 Å². The molecular formula is C24H26N6O6S3. The molecule has 1 saturated heterocycles. The van der Waals surface area contributed by atoms with E-state index in [1.165, 1.54) is 26.6 Å². The van der Waals surface area contributed by atoms with Gasteiger partial charge in [-0.25, -0.2) is 21.8 Å². The molecule has 12 nitrogen and oxygen atoms in total. The number of amides is 2. The minimum atomic E-state index is -4.02. The van der Waals surface area contributed by atoms with E-state index in [0.717, 1.165) is 17.6 Å². The smallest absolute Gasteiger partial charge is 0.283 e. The summed E-state index contributed by atoms with van der Waals surface area (Å²) in [6.07, 6.45) is 6.97. The van der Waals surface area contributed by atoms with Gasteiger partial charge in [-0.1, -0.05) is 5.92 Å². The molecule has 1 aromatic carbocycles. The molecule has 39 heavy (non-hydrogen) atoms. The summed E-state index contributed by atoms with van der Waals surface area (Å²) in [6.45, 7) is 0.109. The molecule has 206 valence electrons. The zero-order valence-corrected chi connectivity index (χ0v) is 23.6. The summed E-state index contributed by atoms with van der Waals surface area (Å²) < 4.78 is 53.4. The first-order chi connectivity index (χ1) is 18.4. The Morgan fingerprint density at radius 3 is 2.62 bits per heavy atom. The molecule has 2 aliphatic heterocycles. The molecule has 0 radical (unpaired) electrons. The van der Waals surface area contributed by atoms with E-state index in [1.54, 1.807) is 18.2 Å². The maximum atomic E-state index is 13.5. The third-order valence-electron chi connectivity index (χ3n) is 6.88. The van der Waals surface area contributed by atoms with Gasteiger partial charge in [-0.15, -0.1) is 17.8 Å². The number of terminal acetylenes is 1. The van der Waals surface area contributed by atoms with Gasteiger partial charge in [0.2, 0.25) is 15.9 Å². The van der Waals surface area contributed by atoms with Crippen LogP contribution >= 0.6 is 11.3 Å². The Kier molecular flexibility index (Phi) is 7.02. The van der Waals surface area contributed by atoms with Crippen LogP contribution < -0.4 is 5.32 Å². The number of likely N-dealkylation sites (N-methyl/N-ethyl adjacent to an activating group) is 1. The summed E-state index contributed by atoms with van der Waals surface area (Å²) in [5.41, 5.74) is 1.88. The molecule has 0 saturated carbocycles. The van der Waals surface area contributed by atoms with Crippen molar-refractivity contribution < 1.29 is 26.4 Å². The zero-order valence-electron chi connectivity index (χ0n) is 21.2. The maximum absolute atomic E-state index is 13.5. The van der Waals surface area contributed by atoms with Crippen LogP contribution in [0.15, 0.2) is 29.3 Å². The first-order valence-electron chi connectivity index (χ1n) is 12.0. The standard InChI is InChI=1S/C24H26N6O6S3/c1-4-15-5-6-17-16(11-15)12-21(26-17)39(35,36)29-9-10-30(19(13-29)22(31)25-2)24(32)23-27-18-7-8-28(38(3,33)34)14-20(18)37-23/h1,5-6,11-12,19,26H,7-10,13-14H2,2-3H3,(H,25,31). The van der Waals surface area contributed by atoms with Crippen LogP contribution in [-0.2, 0) is 37.8 Å². The van der Waals surface area contributed by atoms with Gasteiger partial charge in [-0.2, -0.15) is 8.61 Å². The number of thiazole rings is 1. The summed E-state index contributed by atoms with van der Waals surface area (Å²) in [5.74, 6) is 1.51. The molecule has 2 aromatic heterocycles. The van der Waals surface area contributed by atoms with Gasteiger partial charge < -0.3 is 15.2 Å². The SMILES string of the molecule is C#Cc1ccc2[nH]c(S(=O)(=O)N3CCN(C(=O)c4nc5c(s4)CN(S(C)(=O)=O)CC5)C(C(=O)NC)C3)cc2c1. The van der Waals surface area contributed by atoms with E-state index in [2.05, 4.69) is 21.2 Å². The molecule has 0 bridgehead atoms. The fourth-order valence-corrected chi connectivity index (χ4v) is 8.15. The normalized spacial score (nSPS) is 19.0. The highest BCUT2D eigenvalue weighted by molar-refractivity contribution is 7.89. The van der Waals surface area contributed by atoms with Crippen LogP contribution in [0.2, 0.25) is 0 Å². The number of aromatic amines is 1. The van der Waals surface area contributed by atoms with Gasteiger partial charge in [0.25, 0.3) is 15.9 Å². The zero-order chi connectivity index (χ0) is 28.1. The van der Waals surface area contributed by atoms with Gasteiger partial charge in [0.05, 0.1) is 11.9 Å². The molecule has 1 fully saturated rings. The van der Waals surface area contributed by atoms with Crippen molar-refractivity contribution in [2.45, 2.75) is 24.0 Å². The van der Waals surface area contributed by atoms with E-state index in [4.69, 9.17) is 6.42 Å².